The molecule has 152 valence electrons. The van der Waals surface area contributed by atoms with E-state index in [9.17, 15) is 9.59 Å². The van der Waals surface area contributed by atoms with E-state index in [-0.39, 0.29) is 13.2 Å². The number of rotatable bonds is 18. The monoisotopic (exact) mass is 374 g/mol. The Morgan fingerprint density at radius 1 is 0.654 bits per heavy atom. The Hall–Kier alpha value is -1.44. The molecule has 0 aromatic heterocycles. The average Bonchev–Trinajstić information content (AvgIpc) is 2.64. The van der Waals surface area contributed by atoms with Gasteiger partial charge in [-0.05, 0) is 6.42 Å². The van der Waals surface area contributed by atoms with Crippen LogP contribution in [0.5, 0.6) is 0 Å². The molecule has 0 unspecified atom stereocenters. The number of carbonyl (C=O) groups excluding carboxylic acids is 2. The third-order valence-corrected chi connectivity index (χ3v) is 3.37. The summed E-state index contributed by atoms with van der Waals surface area (Å²) in [6.45, 7) is 4.89. The Kier molecular flexibility index (Phi) is 18.8. The van der Waals surface area contributed by atoms with Crippen molar-refractivity contribution in [3.05, 3.63) is 12.2 Å². The normalized spacial score (nSPS) is 11.0. The molecule has 0 heterocycles. The van der Waals surface area contributed by atoms with Crippen molar-refractivity contribution in [2.75, 3.05) is 53.4 Å². The summed E-state index contributed by atoms with van der Waals surface area (Å²) in [6, 6.07) is 0. The zero-order valence-electron chi connectivity index (χ0n) is 16.2. The minimum Gasteiger partial charge on any atom is -0.463 e. The average molecular weight is 374 g/mol. The molecule has 0 fully saturated rings. The van der Waals surface area contributed by atoms with Gasteiger partial charge in [0.15, 0.2) is 0 Å². The summed E-state index contributed by atoms with van der Waals surface area (Å²) >= 11 is 0. The molecule has 0 aliphatic carbocycles. The van der Waals surface area contributed by atoms with E-state index in [1.54, 1.807) is 7.11 Å². The van der Waals surface area contributed by atoms with E-state index in [1.165, 1.54) is 19.3 Å². The fraction of sp³-hybridized carbons (Fsp3) is 0.789. The van der Waals surface area contributed by atoms with Crippen molar-refractivity contribution in [1.82, 2.24) is 0 Å². The fourth-order valence-corrected chi connectivity index (χ4v) is 1.95. The molecule has 0 N–H and O–H groups in total. The second-order valence-electron chi connectivity index (χ2n) is 5.65. The molecular weight excluding hydrogens is 340 g/mol. The van der Waals surface area contributed by atoms with Crippen LogP contribution < -0.4 is 0 Å². The highest BCUT2D eigenvalue weighted by atomic mass is 16.6. The van der Waals surface area contributed by atoms with Crippen molar-refractivity contribution in [2.24, 2.45) is 0 Å². The maximum atomic E-state index is 11.4. The van der Waals surface area contributed by atoms with Crippen LogP contribution in [0.25, 0.3) is 0 Å². The topological polar surface area (TPSA) is 80.3 Å². The quantitative estimate of drug-likeness (QED) is 0.207. The number of hydrogen-bond acceptors (Lipinski definition) is 7. The van der Waals surface area contributed by atoms with Crippen molar-refractivity contribution in [1.29, 1.82) is 0 Å². The van der Waals surface area contributed by atoms with E-state index in [1.807, 2.05) is 0 Å². The molecule has 0 atom stereocenters. The lowest BCUT2D eigenvalue weighted by Gasteiger charge is -2.05. The van der Waals surface area contributed by atoms with E-state index >= 15 is 0 Å². The number of methoxy groups -OCH3 is 1. The molecular formula is C19H34O7. The molecule has 0 aromatic rings. The molecule has 0 rings (SSSR count). The molecule has 0 radical (unpaired) electrons. The fourth-order valence-electron chi connectivity index (χ4n) is 1.95. The van der Waals surface area contributed by atoms with Gasteiger partial charge >= 0.3 is 11.9 Å². The Morgan fingerprint density at radius 2 is 1.15 bits per heavy atom. The highest BCUT2D eigenvalue weighted by molar-refractivity contribution is 5.91. The lowest BCUT2D eigenvalue weighted by Crippen LogP contribution is -2.13. The molecule has 0 aliphatic heterocycles. The minimum absolute atomic E-state index is 0.119. The summed E-state index contributed by atoms with van der Waals surface area (Å²) in [7, 11) is 1.61. The van der Waals surface area contributed by atoms with Crippen LogP contribution in [-0.4, -0.2) is 65.3 Å². The summed E-state index contributed by atoms with van der Waals surface area (Å²) in [4.78, 5) is 22.9. The highest BCUT2D eigenvalue weighted by Crippen LogP contribution is 2.04. The van der Waals surface area contributed by atoms with Gasteiger partial charge in [0.1, 0.15) is 6.61 Å². The van der Waals surface area contributed by atoms with Crippen molar-refractivity contribution in [2.45, 2.75) is 45.4 Å². The van der Waals surface area contributed by atoms with Crippen molar-refractivity contribution < 1.29 is 33.3 Å². The van der Waals surface area contributed by atoms with Gasteiger partial charge < -0.3 is 23.7 Å². The first kappa shape index (κ1) is 24.6. The Morgan fingerprint density at radius 3 is 1.77 bits per heavy atom. The van der Waals surface area contributed by atoms with Crippen LogP contribution in [0, 0.1) is 0 Å². The van der Waals surface area contributed by atoms with Crippen LogP contribution in [0.1, 0.15) is 45.4 Å². The SMILES string of the molecule is CCCCCCCCOC(=O)/C=C/C(=O)OCCOCCOCCOC. The van der Waals surface area contributed by atoms with Gasteiger partial charge in [0.05, 0.1) is 39.6 Å². The lowest BCUT2D eigenvalue weighted by atomic mass is 10.1. The number of ether oxygens (including phenoxy) is 5. The number of unbranched alkanes of at least 4 members (excludes halogenated alkanes) is 5. The predicted octanol–water partition coefficient (Wildman–Crippen LogP) is 2.67. The van der Waals surface area contributed by atoms with Gasteiger partial charge in [0.25, 0.3) is 0 Å². The Labute approximate surface area is 157 Å². The van der Waals surface area contributed by atoms with Crippen LogP contribution in [0.15, 0.2) is 12.2 Å². The number of esters is 2. The lowest BCUT2D eigenvalue weighted by molar-refractivity contribution is -0.141. The third-order valence-electron chi connectivity index (χ3n) is 3.37. The van der Waals surface area contributed by atoms with Crippen LogP contribution >= 0.6 is 0 Å². The summed E-state index contributed by atoms with van der Waals surface area (Å²) in [5.41, 5.74) is 0. The van der Waals surface area contributed by atoms with Gasteiger partial charge in [-0.3, -0.25) is 0 Å². The molecule has 0 amide bonds. The smallest absolute Gasteiger partial charge is 0.331 e. The molecule has 0 bridgehead atoms. The molecule has 7 nitrogen and oxygen atoms in total. The molecule has 26 heavy (non-hydrogen) atoms. The largest absolute Gasteiger partial charge is 0.463 e. The molecule has 0 aliphatic rings. The van der Waals surface area contributed by atoms with Crippen LogP contribution in [0.2, 0.25) is 0 Å². The van der Waals surface area contributed by atoms with Gasteiger partial charge in [0.2, 0.25) is 0 Å². The van der Waals surface area contributed by atoms with Crippen molar-refractivity contribution >= 4 is 11.9 Å². The van der Waals surface area contributed by atoms with Gasteiger partial charge in [-0.25, -0.2) is 9.59 Å². The Balaban J connectivity index is 3.45. The van der Waals surface area contributed by atoms with Gasteiger partial charge in [-0.2, -0.15) is 0 Å². The van der Waals surface area contributed by atoms with Crippen LogP contribution in [0.4, 0.5) is 0 Å². The van der Waals surface area contributed by atoms with E-state index in [0.717, 1.165) is 31.4 Å². The third kappa shape index (κ3) is 18.9. The highest BCUT2D eigenvalue weighted by Gasteiger charge is 2.01. The molecule has 7 heteroatoms. The first-order chi connectivity index (χ1) is 12.7. The standard InChI is InChI=1S/C19H34O7/c1-3-4-5-6-7-8-11-25-18(20)9-10-19(21)26-17-16-24-15-14-23-13-12-22-2/h9-10H,3-8,11-17H2,1-2H3/b10-9+. The Bertz CT molecular complexity index is 369. The predicted molar refractivity (Wildman–Crippen MR) is 97.9 cm³/mol. The maximum absolute atomic E-state index is 11.4. The summed E-state index contributed by atoms with van der Waals surface area (Å²) in [5.74, 6) is -1.12. The maximum Gasteiger partial charge on any atom is 0.331 e. The van der Waals surface area contributed by atoms with E-state index in [0.29, 0.717) is 33.0 Å². The molecule has 0 aromatic carbocycles. The number of hydrogen-bond donors (Lipinski definition) is 0. The molecule has 0 spiro atoms. The second kappa shape index (κ2) is 19.9. The van der Waals surface area contributed by atoms with Crippen molar-refractivity contribution in [3.8, 4) is 0 Å². The van der Waals surface area contributed by atoms with E-state index in [4.69, 9.17) is 23.7 Å². The first-order valence-electron chi connectivity index (χ1n) is 9.36. The van der Waals surface area contributed by atoms with E-state index in [2.05, 4.69) is 6.92 Å². The van der Waals surface area contributed by atoms with Crippen LogP contribution in [-0.2, 0) is 33.3 Å². The summed E-state index contributed by atoms with van der Waals surface area (Å²) < 4.78 is 25.2. The van der Waals surface area contributed by atoms with Crippen LogP contribution in [0.3, 0.4) is 0 Å². The van der Waals surface area contributed by atoms with Gasteiger partial charge in [0, 0.05) is 19.3 Å². The summed E-state index contributed by atoms with van der Waals surface area (Å²) in [5, 5.41) is 0. The van der Waals surface area contributed by atoms with Gasteiger partial charge in [-0.1, -0.05) is 39.0 Å². The summed E-state index contributed by atoms with van der Waals surface area (Å²) in [6.07, 6.45) is 8.90. The van der Waals surface area contributed by atoms with Gasteiger partial charge in [-0.15, -0.1) is 0 Å². The number of carbonyl (C=O) groups is 2. The van der Waals surface area contributed by atoms with Crippen molar-refractivity contribution in [3.63, 3.8) is 0 Å². The molecule has 0 saturated carbocycles. The van der Waals surface area contributed by atoms with E-state index < -0.39 is 11.9 Å². The zero-order valence-corrected chi connectivity index (χ0v) is 16.2. The molecule has 0 saturated heterocycles. The second-order valence-corrected chi connectivity index (χ2v) is 5.65. The first-order valence-corrected chi connectivity index (χ1v) is 9.36. The zero-order chi connectivity index (χ0) is 19.3. The minimum atomic E-state index is -0.596.